The zero-order chi connectivity index (χ0) is 19.6. The van der Waals surface area contributed by atoms with E-state index in [-0.39, 0.29) is 5.78 Å². The van der Waals surface area contributed by atoms with Crippen LogP contribution in [0.4, 0.5) is 17.6 Å². The Bertz CT molecular complexity index is 876. The number of ketones is 1. The zero-order valence-corrected chi connectivity index (χ0v) is 14.6. The van der Waals surface area contributed by atoms with E-state index >= 15 is 0 Å². The Labute approximate surface area is 154 Å². The van der Waals surface area contributed by atoms with Crippen LogP contribution in [0.15, 0.2) is 47.5 Å². The molecule has 1 saturated heterocycles. The molecule has 0 aliphatic carbocycles. The summed E-state index contributed by atoms with van der Waals surface area (Å²) in [6.45, 7) is 3.32. The Hall–Kier alpha value is -2.73. The number of benzene rings is 2. The topological polar surface area (TPSA) is 20.3 Å². The van der Waals surface area contributed by atoms with Gasteiger partial charge in [-0.1, -0.05) is 19.1 Å². The number of carbonyl (C=O) groups is 1. The molecular formula is C21H17F4NO. The number of hydrogen-bond acceptors (Lipinski definition) is 2. The molecule has 6 heteroatoms. The predicted molar refractivity (Wildman–Crippen MR) is 95.8 cm³/mol. The first-order valence-corrected chi connectivity index (χ1v) is 8.45. The second-order valence-corrected chi connectivity index (χ2v) is 6.32. The van der Waals surface area contributed by atoms with Gasteiger partial charge in [0.15, 0.2) is 29.1 Å². The van der Waals surface area contributed by atoms with E-state index in [4.69, 9.17) is 0 Å². The summed E-state index contributed by atoms with van der Waals surface area (Å²) < 4.78 is 53.1. The van der Waals surface area contributed by atoms with Crippen molar-refractivity contribution >= 4 is 17.9 Å². The molecule has 1 aliphatic heterocycles. The molecule has 0 aromatic heterocycles. The number of likely N-dealkylation sites (tertiary alicyclic amines) is 1. The first-order chi connectivity index (χ1) is 12.9. The van der Waals surface area contributed by atoms with Crippen molar-refractivity contribution in [3.05, 3.63) is 81.9 Å². The summed E-state index contributed by atoms with van der Waals surface area (Å²) in [7, 11) is 0. The molecule has 0 saturated carbocycles. The summed E-state index contributed by atoms with van der Waals surface area (Å²) in [4.78, 5) is 14.8. The van der Waals surface area contributed by atoms with Gasteiger partial charge in [-0.2, -0.15) is 0 Å². The first-order valence-electron chi connectivity index (χ1n) is 8.45. The van der Waals surface area contributed by atoms with E-state index in [1.165, 1.54) is 24.3 Å². The van der Waals surface area contributed by atoms with Gasteiger partial charge in [-0.15, -0.1) is 0 Å². The Morgan fingerprint density at radius 2 is 1.26 bits per heavy atom. The van der Waals surface area contributed by atoms with Crippen molar-refractivity contribution in [3.63, 3.8) is 0 Å². The molecule has 1 aliphatic rings. The van der Waals surface area contributed by atoms with E-state index in [0.29, 0.717) is 41.9 Å². The van der Waals surface area contributed by atoms with Gasteiger partial charge in [0.2, 0.25) is 0 Å². The van der Waals surface area contributed by atoms with Crippen molar-refractivity contribution in [2.24, 2.45) is 0 Å². The van der Waals surface area contributed by atoms with Gasteiger partial charge in [0.1, 0.15) is 0 Å². The van der Waals surface area contributed by atoms with Gasteiger partial charge in [-0.3, -0.25) is 9.69 Å². The molecule has 0 N–H and O–H groups in total. The third-order valence-electron chi connectivity index (χ3n) is 4.39. The Balaban J connectivity index is 1.97. The minimum Gasteiger partial charge on any atom is -0.295 e. The van der Waals surface area contributed by atoms with Crippen LogP contribution in [0.25, 0.3) is 12.2 Å². The zero-order valence-electron chi connectivity index (χ0n) is 14.6. The SMILES string of the molecule is CCN1C/C(=C\c2ccc(F)c(F)c2)C(=O)/C(=C/c2ccc(F)c(F)c2)C1. The second kappa shape index (κ2) is 7.88. The highest BCUT2D eigenvalue weighted by atomic mass is 19.2. The largest absolute Gasteiger partial charge is 0.295 e. The van der Waals surface area contributed by atoms with E-state index in [9.17, 15) is 22.4 Å². The highest BCUT2D eigenvalue weighted by Gasteiger charge is 2.25. The third-order valence-corrected chi connectivity index (χ3v) is 4.39. The Morgan fingerprint density at radius 3 is 1.63 bits per heavy atom. The summed E-state index contributed by atoms with van der Waals surface area (Å²) in [5.41, 5.74) is 1.59. The minimum absolute atomic E-state index is 0.255. The van der Waals surface area contributed by atoms with Crippen LogP contribution in [0.3, 0.4) is 0 Å². The van der Waals surface area contributed by atoms with Gasteiger partial charge in [0.05, 0.1) is 0 Å². The number of carbonyl (C=O) groups excluding carboxylic acids is 1. The number of piperidine rings is 1. The van der Waals surface area contributed by atoms with E-state index in [1.807, 2.05) is 11.8 Å². The van der Waals surface area contributed by atoms with E-state index in [1.54, 1.807) is 0 Å². The average molecular weight is 375 g/mol. The lowest BCUT2D eigenvalue weighted by atomic mass is 9.94. The lowest BCUT2D eigenvalue weighted by molar-refractivity contribution is -0.113. The molecule has 2 aromatic carbocycles. The highest BCUT2D eigenvalue weighted by Crippen LogP contribution is 2.23. The van der Waals surface area contributed by atoms with E-state index in [0.717, 1.165) is 24.3 Å². The molecule has 2 aromatic rings. The predicted octanol–water partition coefficient (Wildman–Crippen LogP) is 4.61. The summed E-state index contributed by atoms with van der Waals surface area (Å²) in [6, 6.07) is 6.85. The molecule has 3 rings (SSSR count). The summed E-state index contributed by atoms with van der Waals surface area (Å²) >= 11 is 0. The van der Waals surface area contributed by atoms with Crippen LogP contribution in [0.1, 0.15) is 18.1 Å². The molecule has 0 radical (unpaired) electrons. The Morgan fingerprint density at radius 1 is 0.815 bits per heavy atom. The van der Waals surface area contributed by atoms with Crippen LogP contribution in [-0.2, 0) is 4.79 Å². The van der Waals surface area contributed by atoms with Crippen LogP contribution >= 0.6 is 0 Å². The molecule has 2 nitrogen and oxygen atoms in total. The average Bonchev–Trinajstić information content (AvgIpc) is 2.64. The molecule has 0 atom stereocenters. The molecule has 1 heterocycles. The van der Waals surface area contributed by atoms with Crippen molar-refractivity contribution in [2.45, 2.75) is 6.92 Å². The van der Waals surface area contributed by atoms with Crippen molar-refractivity contribution in [2.75, 3.05) is 19.6 Å². The van der Waals surface area contributed by atoms with Gasteiger partial charge >= 0.3 is 0 Å². The number of Topliss-reactive ketones (excluding diaryl/α,β-unsaturated/α-hetero) is 1. The van der Waals surface area contributed by atoms with E-state index < -0.39 is 23.3 Å². The molecule has 140 valence electrons. The number of hydrogen-bond donors (Lipinski definition) is 0. The van der Waals surface area contributed by atoms with Crippen LogP contribution in [0, 0.1) is 23.3 Å². The van der Waals surface area contributed by atoms with Gasteiger partial charge in [-0.25, -0.2) is 17.6 Å². The van der Waals surface area contributed by atoms with Crippen molar-refractivity contribution in [1.29, 1.82) is 0 Å². The fourth-order valence-electron chi connectivity index (χ4n) is 2.94. The van der Waals surface area contributed by atoms with Crippen molar-refractivity contribution < 1.29 is 22.4 Å². The minimum atomic E-state index is -0.988. The second-order valence-electron chi connectivity index (χ2n) is 6.32. The van der Waals surface area contributed by atoms with E-state index in [2.05, 4.69) is 0 Å². The van der Waals surface area contributed by atoms with Crippen molar-refractivity contribution in [3.8, 4) is 0 Å². The quantitative estimate of drug-likeness (QED) is 0.577. The van der Waals surface area contributed by atoms with Gasteiger partial charge in [0.25, 0.3) is 0 Å². The molecule has 27 heavy (non-hydrogen) atoms. The van der Waals surface area contributed by atoms with Gasteiger partial charge in [-0.05, 0) is 54.1 Å². The molecule has 0 spiro atoms. The number of rotatable bonds is 3. The lowest BCUT2D eigenvalue weighted by Crippen LogP contribution is -2.37. The maximum atomic E-state index is 13.4. The maximum Gasteiger partial charge on any atom is 0.187 e. The molecule has 0 bridgehead atoms. The van der Waals surface area contributed by atoms with Gasteiger partial charge < -0.3 is 0 Å². The van der Waals surface area contributed by atoms with Crippen LogP contribution < -0.4 is 0 Å². The standard InChI is InChI=1S/C21H17F4NO/c1-2-26-11-15(7-13-3-5-17(22)19(24)9-13)21(27)16(12-26)8-14-4-6-18(23)20(25)10-14/h3-10H,2,11-12H2,1H3/b15-7+,16-8+. The molecule has 0 unspecified atom stereocenters. The van der Waals surface area contributed by atoms with Gasteiger partial charge in [0, 0.05) is 24.2 Å². The summed E-state index contributed by atoms with van der Waals surface area (Å²) in [5, 5.41) is 0. The molecule has 0 amide bonds. The number of nitrogens with zero attached hydrogens (tertiary/aromatic N) is 1. The third kappa shape index (κ3) is 4.34. The fraction of sp³-hybridized carbons (Fsp3) is 0.190. The van der Waals surface area contributed by atoms with Crippen molar-refractivity contribution in [1.82, 2.24) is 4.90 Å². The van der Waals surface area contributed by atoms with Crippen LogP contribution in [0.2, 0.25) is 0 Å². The monoisotopic (exact) mass is 375 g/mol. The maximum absolute atomic E-state index is 13.4. The summed E-state index contributed by atoms with van der Waals surface area (Å²) in [5.74, 6) is -4.15. The number of halogens is 4. The fourth-order valence-corrected chi connectivity index (χ4v) is 2.94. The number of likely N-dealkylation sites (N-methyl/N-ethyl adjacent to an activating group) is 1. The van der Waals surface area contributed by atoms with Crippen LogP contribution in [0.5, 0.6) is 0 Å². The summed E-state index contributed by atoms with van der Waals surface area (Å²) in [6.07, 6.45) is 3.04. The first kappa shape index (κ1) is 19.0. The highest BCUT2D eigenvalue weighted by molar-refractivity contribution is 6.14. The molecular weight excluding hydrogens is 358 g/mol. The Kier molecular flexibility index (Phi) is 5.56. The smallest absolute Gasteiger partial charge is 0.187 e. The lowest BCUT2D eigenvalue weighted by Gasteiger charge is -2.28. The van der Waals surface area contributed by atoms with Crippen LogP contribution in [-0.4, -0.2) is 30.3 Å². The molecule has 1 fully saturated rings. The normalized spacial score (nSPS) is 18.5.